The molecule has 0 bridgehead atoms. The summed E-state index contributed by atoms with van der Waals surface area (Å²) in [5.74, 6) is 0. The molecular weight excluding hydrogens is 266 g/mol. The predicted molar refractivity (Wildman–Crippen MR) is 61.4 cm³/mol. The molecule has 5 heteroatoms. The van der Waals surface area contributed by atoms with Crippen LogP contribution in [0, 0.1) is 6.92 Å². The second-order valence-electron chi connectivity index (χ2n) is 2.78. The van der Waals surface area contributed by atoms with E-state index in [0.717, 1.165) is 11.0 Å². The minimum absolute atomic E-state index is 0.571. The maximum atomic E-state index is 5.14. The Kier molecular flexibility index (Phi) is 5.66. The lowest BCUT2D eigenvalue weighted by atomic mass is 10.4. The van der Waals surface area contributed by atoms with Crippen LogP contribution in [-0.4, -0.2) is 20.3 Å². The molecule has 0 fully saturated rings. The average Bonchev–Trinajstić information content (AvgIpc) is 2.46. The Labute approximate surface area is 96.5 Å². The van der Waals surface area contributed by atoms with Gasteiger partial charge in [0.2, 0.25) is 0 Å². The lowest BCUT2D eigenvalue weighted by Crippen LogP contribution is -2.16. The molecule has 0 unspecified atom stereocenters. The minimum Gasteiger partial charge on any atom is -0.382 e. The summed E-state index contributed by atoms with van der Waals surface area (Å²) in [6, 6.07) is 2.10. The number of hydrogen-bond acceptors (Lipinski definition) is 4. The lowest BCUT2D eigenvalue weighted by Gasteiger charge is -2.02. The van der Waals surface area contributed by atoms with E-state index in [1.54, 1.807) is 18.4 Å². The van der Waals surface area contributed by atoms with Crippen LogP contribution in [0.1, 0.15) is 9.75 Å². The fraction of sp³-hybridized carbons (Fsp3) is 0.556. The van der Waals surface area contributed by atoms with E-state index in [1.165, 1.54) is 9.75 Å². The van der Waals surface area contributed by atoms with Gasteiger partial charge in [0.1, 0.15) is 0 Å². The number of thiophene rings is 1. The van der Waals surface area contributed by atoms with E-state index >= 15 is 0 Å². The van der Waals surface area contributed by atoms with E-state index in [-0.39, 0.29) is 0 Å². The summed E-state index contributed by atoms with van der Waals surface area (Å²) in [6.07, 6.45) is 0. The van der Waals surface area contributed by atoms with Crippen LogP contribution in [0.5, 0.6) is 0 Å². The van der Waals surface area contributed by atoms with Gasteiger partial charge in [-0.2, -0.15) is 5.48 Å². The van der Waals surface area contributed by atoms with Gasteiger partial charge in [-0.15, -0.1) is 11.3 Å². The van der Waals surface area contributed by atoms with Crippen LogP contribution >= 0.6 is 27.3 Å². The third-order valence-corrected chi connectivity index (χ3v) is 3.78. The Morgan fingerprint density at radius 2 is 2.29 bits per heavy atom. The van der Waals surface area contributed by atoms with E-state index in [0.29, 0.717) is 13.2 Å². The highest BCUT2D eigenvalue weighted by Gasteiger charge is 2.01. The van der Waals surface area contributed by atoms with Gasteiger partial charge >= 0.3 is 0 Å². The minimum atomic E-state index is 0.571. The summed E-state index contributed by atoms with van der Waals surface area (Å²) < 4.78 is 6.01. The van der Waals surface area contributed by atoms with Crippen molar-refractivity contribution in [2.24, 2.45) is 0 Å². The molecule has 0 saturated heterocycles. The van der Waals surface area contributed by atoms with Crippen molar-refractivity contribution in [3.05, 3.63) is 20.3 Å². The molecule has 0 aliphatic heterocycles. The smallest absolute Gasteiger partial charge is 0.0916 e. The fourth-order valence-corrected chi connectivity index (χ4v) is 2.45. The number of methoxy groups -OCH3 is 1. The van der Waals surface area contributed by atoms with Gasteiger partial charge in [-0.05, 0) is 28.9 Å². The van der Waals surface area contributed by atoms with Crippen LogP contribution in [0.3, 0.4) is 0 Å². The third-order valence-electron chi connectivity index (χ3n) is 1.65. The first-order chi connectivity index (χ1) is 6.74. The Hall–Kier alpha value is 0.0600. The van der Waals surface area contributed by atoms with Crippen molar-refractivity contribution in [1.29, 1.82) is 0 Å². The molecule has 80 valence electrons. The Morgan fingerprint density at radius 1 is 1.50 bits per heavy atom. The number of aryl methyl sites for hydroxylation is 1. The third kappa shape index (κ3) is 4.06. The first kappa shape index (κ1) is 12.1. The molecule has 1 aromatic rings. The zero-order valence-corrected chi connectivity index (χ0v) is 10.7. The highest BCUT2D eigenvalue weighted by molar-refractivity contribution is 9.10. The number of ether oxygens (including phenoxy) is 1. The molecular formula is C9H14BrNO2S. The van der Waals surface area contributed by atoms with Crippen molar-refractivity contribution in [2.45, 2.75) is 13.5 Å². The van der Waals surface area contributed by atoms with Crippen molar-refractivity contribution < 1.29 is 9.57 Å². The number of hydrogen-bond donors (Lipinski definition) is 1. The number of nitrogens with one attached hydrogen (secondary N) is 1. The molecule has 0 spiro atoms. The van der Waals surface area contributed by atoms with Crippen molar-refractivity contribution >= 4 is 27.3 Å². The van der Waals surface area contributed by atoms with Crippen LogP contribution in [0.15, 0.2) is 10.5 Å². The molecule has 0 aliphatic rings. The molecule has 0 atom stereocenters. The van der Waals surface area contributed by atoms with Crippen molar-refractivity contribution in [3.63, 3.8) is 0 Å². The highest BCUT2D eigenvalue weighted by Crippen LogP contribution is 2.25. The quantitative estimate of drug-likeness (QED) is 0.641. The molecule has 1 heterocycles. The van der Waals surface area contributed by atoms with Gasteiger partial charge in [0.25, 0.3) is 0 Å². The monoisotopic (exact) mass is 279 g/mol. The molecule has 0 amide bonds. The largest absolute Gasteiger partial charge is 0.382 e. The highest BCUT2D eigenvalue weighted by atomic mass is 79.9. The summed E-state index contributed by atoms with van der Waals surface area (Å²) in [5, 5.41) is 0. The van der Waals surface area contributed by atoms with Gasteiger partial charge in [0.15, 0.2) is 0 Å². The number of halogens is 1. The van der Waals surface area contributed by atoms with Crippen LogP contribution in [0.4, 0.5) is 0 Å². The SMILES string of the molecule is COCCONCc1cc(Br)c(C)s1. The first-order valence-corrected chi connectivity index (χ1v) is 5.93. The Balaban J connectivity index is 2.18. The molecule has 14 heavy (non-hydrogen) atoms. The second kappa shape index (κ2) is 6.53. The Bertz CT molecular complexity index is 258. The molecule has 0 aliphatic carbocycles. The second-order valence-corrected chi connectivity index (χ2v) is 4.97. The molecule has 1 rings (SSSR count). The van der Waals surface area contributed by atoms with Crippen molar-refractivity contribution in [1.82, 2.24) is 5.48 Å². The molecule has 1 N–H and O–H groups in total. The molecule has 0 aromatic carbocycles. The zero-order valence-electron chi connectivity index (χ0n) is 8.30. The van der Waals surface area contributed by atoms with Crippen LogP contribution in [0.25, 0.3) is 0 Å². The average molecular weight is 280 g/mol. The summed E-state index contributed by atoms with van der Waals surface area (Å²) in [7, 11) is 1.66. The summed E-state index contributed by atoms with van der Waals surface area (Å²) in [5.41, 5.74) is 2.89. The van der Waals surface area contributed by atoms with E-state index in [4.69, 9.17) is 9.57 Å². The maximum Gasteiger partial charge on any atom is 0.0916 e. The number of hydroxylamine groups is 1. The molecule has 0 saturated carbocycles. The van der Waals surface area contributed by atoms with E-state index < -0.39 is 0 Å². The van der Waals surface area contributed by atoms with Crippen molar-refractivity contribution in [2.75, 3.05) is 20.3 Å². The van der Waals surface area contributed by atoms with Crippen LogP contribution in [0.2, 0.25) is 0 Å². The Morgan fingerprint density at radius 3 is 2.86 bits per heavy atom. The van der Waals surface area contributed by atoms with E-state index in [9.17, 15) is 0 Å². The van der Waals surface area contributed by atoms with E-state index in [2.05, 4.69) is 34.4 Å². The van der Waals surface area contributed by atoms with Crippen LogP contribution < -0.4 is 5.48 Å². The zero-order chi connectivity index (χ0) is 10.4. The van der Waals surface area contributed by atoms with Gasteiger partial charge in [-0.1, -0.05) is 0 Å². The van der Waals surface area contributed by atoms with Crippen LogP contribution in [-0.2, 0) is 16.1 Å². The van der Waals surface area contributed by atoms with Gasteiger partial charge in [-0.3, -0.25) is 4.84 Å². The summed E-state index contributed by atoms with van der Waals surface area (Å²) >= 11 is 5.23. The van der Waals surface area contributed by atoms with Gasteiger partial charge in [0, 0.05) is 21.3 Å². The number of rotatable bonds is 6. The lowest BCUT2D eigenvalue weighted by molar-refractivity contribution is 0.00386. The fourth-order valence-electron chi connectivity index (χ4n) is 0.924. The van der Waals surface area contributed by atoms with Gasteiger partial charge < -0.3 is 4.74 Å². The summed E-state index contributed by atoms with van der Waals surface area (Å²) in [4.78, 5) is 7.69. The van der Waals surface area contributed by atoms with Gasteiger partial charge in [0.05, 0.1) is 19.8 Å². The molecule has 3 nitrogen and oxygen atoms in total. The molecule has 0 radical (unpaired) electrons. The maximum absolute atomic E-state index is 5.14. The predicted octanol–water partition coefficient (Wildman–Crippen LogP) is 2.49. The van der Waals surface area contributed by atoms with Gasteiger partial charge in [-0.25, -0.2) is 0 Å². The first-order valence-electron chi connectivity index (χ1n) is 4.32. The summed E-state index contributed by atoms with van der Waals surface area (Å²) in [6.45, 7) is 4.01. The van der Waals surface area contributed by atoms with E-state index in [1.807, 2.05) is 0 Å². The molecule has 1 aromatic heterocycles. The van der Waals surface area contributed by atoms with Crippen molar-refractivity contribution in [3.8, 4) is 0 Å². The standard InChI is InChI=1S/C9H14BrNO2S/c1-7-9(10)5-8(14-7)6-11-13-4-3-12-2/h5,11H,3-4,6H2,1-2H3. The topological polar surface area (TPSA) is 30.5 Å². The normalized spacial score (nSPS) is 10.8.